The first kappa shape index (κ1) is 17.2. The standard InChI is InChI=1S/C10H18N2O2.2C2H6/c1-11-7-10(8-11)3-5-12(6-4-10)9(13)14-2;2*1-2/h3-8H2,1-2H3;2*1-2H3. The highest BCUT2D eigenvalue weighted by Gasteiger charge is 2.43. The van der Waals surface area contributed by atoms with Gasteiger partial charge >= 0.3 is 6.09 Å². The minimum Gasteiger partial charge on any atom is -0.453 e. The van der Waals surface area contributed by atoms with E-state index in [1.54, 1.807) is 0 Å². The van der Waals surface area contributed by atoms with Crippen molar-refractivity contribution in [2.45, 2.75) is 40.5 Å². The number of ether oxygens (including phenoxy) is 1. The predicted molar refractivity (Wildman–Crippen MR) is 75.8 cm³/mol. The number of methoxy groups -OCH3 is 1. The van der Waals surface area contributed by atoms with Crippen LogP contribution in [0.4, 0.5) is 4.79 Å². The normalized spacial score (nSPS) is 20.9. The third-order valence-electron chi connectivity index (χ3n) is 3.47. The molecular formula is C14H30N2O2. The molecule has 2 rings (SSSR count). The van der Waals surface area contributed by atoms with E-state index in [9.17, 15) is 4.79 Å². The molecule has 4 nitrogen and oxygen atoms in total. The van der Waals surface area contributed by atoms with Crippen LogP contribution in [0.15, 0.2) is 0 Å². The molecule has 2 fully saturated rings. The van der Waals surface area contributed by atoms with Crippen molar-refractivity contribution in [3.63, 3.8) is 0 Å². The molecule has 0 aromatic carbocycles. The van der Waals surface area contributed by atoms with Gasteiger partial charge in [0.05, 0.1) is 7.11 Å². The molecule has 0 N–H and O–H groups in total. The quantitative estimate of drug-likeness (QED) is 0.670. The number of hydrogen-bond acceptors (Lipinski definition) is 3. The van der Waals surface area contributed by atoms with Crippen LogP contribution in [0.5, 0.6) is 0 Å². The zero-order valence-electron chi connectivity index (χ0n) is 13.0. The minimum atomic E-state index is -0.174. The zero-order valence-corrected chi connectivity index (χ0v) is 13.0. The lowest BCUT2D eigenvalue weighted by Gasteiger charge is -2.52. The summed E-state index contributed by atoms with van der Waals surface area (Å²) in [6.45, 7) is 12.1. The van der Waals surface area contributed by atoms with Crippen molar-refractivity contribution in [1.29, 1.82) is 0 Å². The van der Waals surface area contributed by atoms with Gasteiger partial charge in [0.15, 0.2) is 0 Å². The average Bonchev–Trinajstić information content (AvgIpc) is 2.42. The number of carbonyl (C=O) groups excluding carboxylic acids is 1. The first-order chi connectivity index (χ1) is 8.65. The van der Waals surface area contributed by atoms with E-state index in [1.807, 2.05) is 32.6 Å². The van der Waals surface area contributed by atoms with Crippen molar-refractivity contribution in [2.75, 3.05) is 40.3 Å². The summed E-state index contributed by atoms with van der Waals surface area (Å²) in [5, 5.41) is 0. The third kappa shape index (κ3) is 4.16. The summed E-state index contributed by atoms with van der Waals surface area (Å²) in [5.74, 6) is 0. The van der Waals surface area contributed by atoms with Gasteiger partial charge in [-0.2, -0.15) is 0 Å². The Labute approximate surface area is 112 Å². The second-order valence-corrected chi connectivity index (χ2v) is 4.63. The minimum absolute atomic E-state index is 0.174. The number of likely N-dealkylation sites (tertiary alicyclic amines) is 2. The molecule has 0 saturated carbocycles. The highest BCUT2D eigenvalue weighted by Crippen LogP contribution is 2.39. The number of amides is 1. The molecule has 2 aliphatic rings. The summed E-state index contributed by atoms with van der Waals surface area (Å²) in [7, 11) is 3.60. The molecule has 1 spiro atoms. The Balaban J connectivity index is 0.000000659. The highest BCUT2D eigenvalue weighted by molar-refractivity contribution is 5.67. The van der Waals surface area contributed by atoms with Crippen LogP contribution in [0.3, 0.4) is 0 Å². The Hall–Kier alpha value is -0.770. The lowest BCUT2D eigenvalue weighted by atomic mass is 9.72. The third-order valence-corrected chi connectivity index (χ3v) is 3.47. The van der Waals surface area contributed by atoms with Crippen molar-refractivity contribution in [3.05, 3.63) is 0 Å². The molecule has 18 heavy (non-hydrogen) atoms. The molecule has 0 bridgehead atoms. The second kappa shape index (κ2) is 8.35. The Kier molecular flexibility index (Phi) is 8.00. The van der Waals surface area contributed by atoms with Crippen molar-refractivity contribution in [2.24, 2.45) is 5.41 Å². The highest BCUT2D eigenvalue weighted by atomic mass is 16.5. The van der Waals surface area contributed by atoms with Crippen LogP contribution in [-0.4, -0.2) is 56.2 Å². The van der Waals surface area contributed by atoms with Gasteiger partial charge in [-0.3, -0.25) is 0 Å². The number of rotatable bonds is 0. The molecule has 0 unspecified atom stereocenters. The van der Waals surface area contributed by atoms with Crippen LogP contribution in [0.25, 0.3) is 0 Å². The summed E-state index contributed by atoms with van der Waals surface area (Å²) >= 11 is 0. The van der Waals surface area contributed by atoms with E-state index in [2.05, 4.69) is 11.9 Å². The van der Waals surface area contributed by atoms with E-state index >= 15 is 0 Å². The number of nitrogens with zero attached hydrogens (tertiary/aromatic N) is 2. The molecule has 0 atom stereocenters. The summed E-state index contributed by atoms with van der Waals surface area (Å²) in [4.78, 5) is 15.4. The monoisotopic (exact) mass is 258 g/mol. The largest absolute Gasteiger partial charge is 0.453 e. The molecule has 4 heteroatoms. The van der Waals surface area contributed by atoms with Gasteiger partial charge in [0, 0.05) is 26.2 Å². The lowest BCUT2D eigenvalue weighted by molar-refractivity contribution is -0.0286. The number of hydrogen-bond donors (Lipinski definition) is 0. The van der Waals surface area contributed by atoms with Gasteiger partial charge in [0.2, 0.25) is 0 Å². The fraction of sp³-hybridized carbons (Fsp3) is 0.929. The van der Waals surface area contributed by atoms with E-state index in [-0.39, 0.29) is 6.09 Å². The van der Waals surface area contributed by atoms with Gasteiger partial charge in [0.25, 0.3) is 0 Å². The molecule has 2 saturated heterocycles. The van der Waals surface area contributed by atoms with Crippen LogP contribution in [0, 0.1) is 5.41 Å². The van der Waals surface area contributed by atoms with E-state index in [0.717, 1.165) is 25.9 Å². The second-order valence-electron chi connectivity index (χ2n) is 4.63. The Bertz CT molecular complexity index is 228. The first-order valence-electron chi connectivity index (χ1n) is 7.17. The number of carbonyl (C=O) groups is 1. The molecule has 108 valence electrons. The van der Waals surface area contributed by atoms with Crippen molar-refractivity contribution in [1.82, 2.24) is 9.80 Å². The van der Waals surface area contributed by atoms with Crippen molar-refractivity contribution >= 4 is 6.09 Å². The van der Waals surface area contributed by atoms with Crippen molar-refractivity contribution < 1.29 is 9.53 Å². The fourth-order valence-corrected chi connectivity index (χ4v) is 2.71. The SMILES string of the molecule is CC.CC.COC(=O)N1CCC2(CC1)CN(C)C2. The Morgan fingerprint density at radius 2 is 1.50 bits per heavy atom. The van der Waals surface area contributed by atoms with Gasteiger partial charge in [0.1, 0.15) is 0 Å². The summed E-state index contributed by atoms with van der Waals surface area (Å²) < 4.78 is 4.71. The summed E-state index contributed by atoms with van der Waals surface area (Å²) in [6.07, 6.45) is 2.09. The molecular weight excluding hydrogens is 228 g/mol. The van der Waals surface area contributed by atoms with E-state index in [4.69, 9.17) is 4.74 Å². The van der Waals surface area contributed by atoms with Crippen molar-refractivity contribution in [3.8, 4) is 0 Å². The van der Waals surface area contributed by atoms with Crippen LogP contribution < -0.4 is 0 Å². The molecule has 0 aromatic heterocycles. The molecule has 0 radical (unpaired) electrons. The van der Waals surface area contributed by atoms with Gasteiger partial charge < -0.3 is 14.5 Å². The van der Waals surface area contributed by atoms with Gasteiger partial charge in [-0.05, 0) is 25.3 Å². The van der Waals surface area contributed by atoms with Gasteiger partial charge in [-0.1, -0.05) is 27.7 Å². The molecule has 2 heterocycles. The Morgan fingerprint density at radius 3 is 1.83 bits per heavy atom. The molecule has 1 amide bonds. The maximum Gasteiger partial charge on any atom is 0.409 e. The van der Waals surface area contributed by atoms with Gasteiger partial charge in [-0.15, -0.1) is 0 Å². The molecule has 0 aromatic rings. The maximum absolute atomic E-state index is 11.2. The average molecular weight is 258 g/mol. The van der Waals surface area contributed by atoms with E-state index in [1.165, 1.54) is 20.2 Å². The molecule has 2 aliphatic heterocycles. The van der Waals surface area contributed by atoms with E-state index < -0.39 is 0 Å². The van der Waals surface area contributed by atoms with Crippen LogP contribution in [0.2, 0.25) is 0 Å². The summed E-state index contributed by atoms with van der Waals surface area (Å²) in [5.41, 5.74) is 0.513. The van der Waals surface area contributed by atoms with E-state index in [0.29, 0.717) is 5.41 Å². The topological polar surface area (TPSA) is 32.8 Å². The van der Waals surface area contributed by atoms with Crippen LogP contribution >= 0.6 is 0 Å². The predicted octanol–water partition coefficient (Wildman–Crippen LogP) is 2.83. The number of piperidine rings is 1. The smallest absolute Gasteiger partial charge is 0.409 e. The fourth-order valence-electron chi connectivity index (χ4n) is 2.71. The molecule has 0 aliphatic carbocycles. The van der Waals surface area contributed by atoms with Crippen LogP contribution in [0.1, 0.15) is 40.5 Å². The van der Waals surface area contributed by atoms with Crippen LogP contribution in [-0.2, 0) is 4.74 Å². The maximum atomic E-state index is 11.2. The summed E-state index contributed by atoms with van der Waals surface area (Å²) in [6, 6.07) is 0. The Morgan fingerprint density at radius 1 is 1.06 bits per heavy atom. The first-order valence-corrected chi connectivity index (χ1v) is 7.17. The lowest BCUT2D eigenvalue weighted by Crippen LogP contribution is -2.59. The zero-order chi connectivity index (χ0) is 14.2. The van der Waals surface area contributed by atoms with Gasteiger partial charge in [-0.25, -0.2) is 4.79 Å².